The molecule has 0 aromatic heterocycles. The third kappa shape index (κ3) is 5.05. The lowest BCUT2D eigenvalue weighted by atomic mass is 9.97. The maximum Gasteiger partial charge on any atom is 0.335 e. The summed E-state index contributed by atoms with van der Waals surface area (Å²) < 4.78 is 5.75. The minimum Gasteiger partial charge on any atom is -0.489 e. The van der Waals surface area contributed by atoms with Gasteiger partial charge in [0.15, 0.2) is 5.78 Å². The molecule has 28 heavy (non-hydrogen) atoms. The number of ether oxygens (including phenoxy) is 1. The summed E-state index contributed by atoms with van der Waals surface area (Å²) in [5.74, 6) is -0.622. The fraction of sp³-hybridized carbons (Fsp3) is 0.130. The summed E-state index contributed by atoms with van der Waals surface area (Å²) in [5.41, 5.74) is 8.41. The van der Waals surface area contributed by atoms with Crippen molar-refractivity contribution in [2.24, 2.45) is 5.73 Å². The maximum atomic E-state index is 12.5. The fourth-order valence-corrected chi connectivity index (χ4v) is 2.83. The van der Waals surface area contributed by atoms with Gasteiger partial charge in [-0.15, -0.1) is 0 Å². The van der Waals surface area contributed by atoms with Crippen molar-refractivity contribution in [2.45, 2.75) is 19.1 Å². The molecule has 0 spiro atoms. The lowest BCUT2D eigenvalue weighted by Crippen LogP contribution is -2.32. The lowest BCUT2D eigenvalue weighted by molar-refractivity contribution is 0.0697. The second-order valence-electron chi connectivity index (χ2n) is 6.48. The number of carbonyl (C=O) groups excluding carboxylic acids is 1. The van der Waals surface area contributed by atoms with E-state index in [0.29, 0.717) is 18.6 Å². The molecular formula is C23H21NO4. The van der Waals surface area contributed by atoms with E-state index in [0.717, 1.165) is 16.9 Å². The molecule has 0 bridgehead atoms. The third-order valence-corrected chi connectivity index (χ3v) is 4.36. The van der Waals surface area contributed by atoms with Gasteiger partial charge in [-0.1, -0.05) is 54.6 Å². The Labute approximate surface area is 163 Å². The van der Waals surface area contributed by atoms with Crippen LogP contribution in [0.2, 0.25) is 0 Å². The highest BCUT2D eigenvalue weighted by Gasteiger charge is 2.17. The zero-order chi connectivity index (χ0) is 19.9. The number of Topliss-reactive ketones (excluding diaryl/α,β-unsaturated/α-hetero) is 1. The molecule has 0 aliphatic rings. The Hall–Kier alpha value is -3.44. The number of nitrogens with two attached hydrogens (primary N) is 1. The molecule has 3 N–H and O–H groups in total. The van der Waals surface area contributed by atoms with Crippen LogP contribution in [0.1, 0.15) is 31.8 Å². The molecule has 3 rings (SSSR count). The van der Waals surface area contributed by atoms with E-state index in [-0.39, 0.29) is 11.3 Å². The van der Waals surface area contributed by atoms with Crippen LogP contribution in [0.15, 0.2) is 78.9 Å². The Balaban J connectivity index is 1.59. The van der Waals surface area contributed by atoms with Crippen LogP contribution >= 0.6 is 0 Å². The molecule has 3 aromatic rings. The topological polar surface area (TPSA) is 89.6 Å². The van der Waals surface area contributed by atoms with Crippen LogP contribution in [0.3, 0.4) is 0 Å². The van der Waals surface area contributed by atoms with Crippen LogP contribution in [0.4, 0.5) is 0 Å². The van der Waals surface area contributed by atoms with E-state index in [1.54, 1.807) is 12.1 Å². The van der Waals surface area contributed by atoms with Crippen LogP contribution in [0.25, 0.3) is 0 Å². The molecule has 0 aliphatic carbocycles. The highest BCUT2D eigenvalue weighted by atomic mass is 16.5. The number of hydrogen-bond acceptors (Lipinski definition) is 4. The lowest BCUT2D eigenvalue weighted by Gasteiger charge is -2.12. The quantitative estimate of drug-likeness (QED) is 0.586. The number of carboxylic acids is 1. The highest BCUT2D eigenvalue weighted by molar-refractivity contribution is 6.02. The van der Waals surface area contributed by atoms with Gasteiger partial charge in [0.25, 0.3) is 0 Å². The average Bonchev–Trinajstić information content (AvgIpc) is 2.73. The molecule has 0 fully saturated rings. The van der Waals surface area contributed by atoms with Crippen molar-refractivity contribution in [3.8, 4) is 5.75 Å². The Kier molecular flexibility index (Phi) is 6.19. The van der Waals surface area contributed by atoms with E-state index in [1.165, 1.54) is 12.1 Å². The maximum absolute atomic E-state index is 12.5. The number of carboxylic acid groups (broad SMARTS) is 1. The van der Waals surface area contributed by atoms with Gasteiger partial charge in [-0.3, -0.25) is 4.79 Å². The molecule has 142 valence electrons. The molecule has 1 atom stereocenters. The second kappa shape index (κ2) is 8.97. The van der Waals surface area contributed by atoms with Crippen molar-refractivity contribution in [1.29, 1.82) is 0 Å². The van der Waals surface area contributed by atoms with E-state index < -0.39 is 12.0 Å². The molecule has 0 radical (unpaired) electrons. The van der Waals surface area contributed by atoms with Gasteiger partial charge in [-0.05, 0) is 41.8 Å². The highest BCUT2D eigenvalue weighted by Crippen LogP contribution is 2.16. The molecule has 0 saturated carbocycles. The summed E-state index contributed by atoms with van der Waals surface area (Å²) in [6, 6.07) is 22.5. The first-order chi connectivity index (χ1) is 13.5. The second-order valence-corrected chi connectivity index (χ2v) is 6.48. The Morgan fingerprint density at radius 1 is 0.857 bits per heavy atom. The largest absolute Gasteiger partial charge is 0.489 e. The normalized spacial score (nSPS) is 11.6. The number of hydrogen-bond donors (Lipinski definition) is 2. The summed E-state index contributed by atoms with van der Waals surface area (Å²) in [7, 11) is 0. The van der Waals surface area contributed by atoms with Gasteiger partial charge in [0.2, 0.25) is 0 Å². The minimum atomic E-state index is -1.07. The smallest absolute Gasteiger partial charge is 0.335 e. The molecule has 0 amide bonds. The van der Waals surface area contributed by atoms with Crippen molar-refractivity contribution in [1.82, 2.24) is 0 Å². The zero-order valence-corrected chi connectivity index (χ0v) is 15.2. The standard InChI is InChI=1S/C23H21NO4/c24-21(22(25)18-7-4-8-19(14-18)23(26)27)13-16-9-11-20(12-10-16)28-15-17-5-2-1-3-6-17/h1-12,14,21H,13,15,24H2,(H,26,27)/t21-/m0/s1. The number of benzene rings is 3. The van der Waals surface area contributed by atoms with E-state index in [1.807, 2.05) is 54.6 Å². The number of ketones is 1. The Bertz CT molecular complexity index is 952. The van der Waals surface area contributed by atoms with Crippen LogP contribution in [-0.2, 0) is 13.0 Å². The monoisotopic (exact) mass is 375 g/mol. The molecule has 0 heterocycles. The average molecular weight is 375 g/mol. The van der Waals surface area contributed by atoms with Crippen LogP contribution in [-0.4, -0.2) is 22.9 Å². The molecule has 3 aromatic carbocycles. The van der Waals surface area contributed by atoms with Crippen molar-refractivity contribution in [2.75, 3.05) is 0 Å². The SMILES string of the molecule is N[C@@H](Cc1ccc(OCc2ccccc2)cc1)C(=O)c1cccc(C(=O)O)c1. The van der Waals surface area contributed by atoms with E-state index in [2.05, 4.69) is 0 Å². The Morgan fingerprint density at radius 2 is 1.54 bits per heavy atom. The summed E-state index contributed by atoms with van der Waals surface area (Å²) in [6.45, 7) is 0.484. The van der Waals surface area contributed by atoms with Crippen molar-refractivity contribution >= 4 is 11.8 Å². The van der Waals surface area contributed by atoms with Gasteiger partial charge in [0.1, 0.15) is 12.4 Å². The summed E-state index contributed by atoms with van der Waals surface area (Å²) in [4.78, 5) is 23.6. The molecule has 0 aliphatic heterocycles. The first-order valence-corrected chi connectivity index (χ1v) is 8.92. The van der Waals surface area contributed by atoms with Gasteiger partial charge in [0, 0.05) is 5.56 Å². The third-order valence-electron chi connectivity index (χ3n) is 4.36. The number of aromatic carboxylic acids is 1. The van der Waals surface area contributed by atoms with Crippen LogP contribution in [0, 0.1) is 0 Å². The number of carbonyl (C=O) groups is 2. The fourth-order valence-electron chi connectivity index (χ4n) is 2.83. The van der Waals surface area contributed by atoms with Crippen molar-refractivity contribution in [3.05, 3.63) is 101 Å². The minimum absolute atomic E-state index is 0.0676. The predicted molar refractivity (Wildman–Crippen MR) is 107 cm³/mol. The van der Waals surface area contributed by atoms with Crippen molar-refractivity contribution < 1.29 is 19.4 Å². The molecular weight excluding hydrogens is 354 g/mol. The molecule has 5 nitrogen and oxygen atoms in total. The van der Waals surface area contributed by atoms with Gasteiger partial charge >= 0.3 is 5.97 Å². The summed E-state index contributed by atoms with van der Waals surface area (Å²) >= 11 is 0. The van der Waals surface area contributed by atoms with Gasteiger partial charge in [-0.25, -0.2) is 4.79 Å². The van der Waals surface area contributed by atoms with Crippen LogP contribution < -0.4 is 10.5 Å². The summed E-state index contributed by atoms with van der Waals surface area (Å²) in [5, 5.41) is 9.05. The zero-order valence-electron chi connectivity index (χ0n) is 15.2. The molecule has 0 unspecified atom stereocenters. The van der Waals surface area contributed by atoms with E-state index >= 15 is 0 Å². The van der Waals surface area contributed by atoms with E-state index in [4.69, 9.17) is 15.6 Å². The number of rotatable bonds is 8. The van der Waals surface area contributed by atoms with E-state index in [9.17, 15) is 9.59 Å². The molecule has 0 saturated heterocycles. The van der Waals surface area contributed by atoms with Crippen molar-refractivity contribution in [3.63, 3.8) is 0 Å². The summed E-state index contributed by atoms with van der Waals surface area (Å²) in [6.07, 6.45) is 0.356. The first-order valence-electron chi connectivity index (χ1n) is 8.92. The Morgan fingerprint density at radius 3 is 2.21 bits per heavy atom. The predicted octanol–water partition coefficient (Wildman–Crippen LogP) is 3.72. The van der Waals surface area contributed by atoms with Gasteiger partial charge in [0.05, 0.1) is 11.6 Å². The van der Waals surface area contributed by atoms with Gasteiger partial charge < -0.3 is 15.6 Å². The van der Waals surface area contributed by atoms with Crippen LogP contribution in [0.5, 0.6) is 5.75 Å². The molecule has 5 heteroatoms. The van der Waals surface area contributed by atoms with Gasteiger partial charge in [-0.2, -0.15) is 0 Å². The first kappa shape index (κ1) is 19.3.